The summed E-state index contributed by atoms with van der Waals surface area (Å²) in [6.07, 6.45) is -0.778. The fourth-order valence-corrected chi connectivity index (χ4v) is 3.36. The van der Waals surface area contributed by atoms with Crippen molar-refractivity contribution in [2.24, 2.45) is 5.92 Å². The van der Waals surface area contributed by atoms with Crippen molar-refractivity contribution in [2.45, 2.75) is 32.9 Å². The Bertz CT molecular complexity index is 472. The average molecular weight is 307 g/mol. The Morgan fingerprint density at radius 3 is 2.45 bits per heavy atom. The highest BCUT2D eigenvalue weighted by molar-refractivity contribution is 7.91. The number of hydrogen-bond donors (Lipinski definition) is 1. The Labute approximate surface area is 118 Å². The SMILES string of the molecule is CC(C)COC(C)C(=O)N1CCS(=O)(=O)CC1C(=O)O. The molecule has 1 fully saturated rings. The Morgan fingerprint density at radius 2 is 1.95 bits per heavy atom. The van der Waals surface area contributed by atoms with E-state index in [0.717, 1.165) is 4.90 Å². The number of carboxylic acids is 1. The monoisotopic (exact) mass is 307 g/mol. The lowest BCUT2D eigenvalue weighted by atomic mass is 10.2. The third kappa shape index (κ3) is 4.45. The Morgan fingerprint density at radius 1 is 1.35 bits per heavy atom. The van der Waals surface area contributed by atoms with Crippen molar-refractivity contribution < 1.29 is 27.9 Å². The first-order valence-corrected chi connectivity index (χ1v) is 8.31. The smallest absolute Gasteiger partial charge is 0.327 e. The molecular formula is C12H21NO6S. The molecule has 1 aliphatic rings. The van der Waals surface area contributed by atoms with Crippen LogP contribution in [0.1, 0.15) is 20.8 Å². The summed E-state index contributed by atoms with van der Waals surface area (Å²) < 4.78 is 28.3. The third-order valence-corrected chi connectivity index (χ3v) is 4.65. The first kappa shape index (κ1) is 16.9. The second-order valence-corrected chi connectivity index (χ2v) is 7.60. The highest BCUT2D eigenvalue weighted by Gasteiger charge is 2.40. The summed E-state index contributed by atoms with van der Waals surface area (Å²) in [5, 5.41) is 9.09. The molecule has 1 aliphatic heterocycles. The van der Waals surface area contributed by atoms with Gasteiger partial charge in [0.05, 0.1) is 11.5 Å². The van der Waals surface area contributed by atoms with Crippen LogP contribution in [-0.4, -0.2) is 67.1 Å². The number of aliphatic carboxylic acids is 1. The quantitative estimate of drug-likeness (QED) is 0.752. The van der Waals surface area contributed by atoms with Crippen LogP contribution in [0.3, 0.4) is 0 Å². The van der Waals surface area contributed by atoms with E-state index in [1.165, 1.54) is 0 Å². The van der Waals surface area contributed by atoms with Crippen LogP contribution in [0.4, 0.5) is 0 Å². The van der Waals surface area contributed by atoms with Crippen LogP contribution in [0, 0.1) is 5.92 Å². The van der Waals surface area contributed by atoms with Gasteiger partial charge in [-0.3, -0.25) is 4.79 Å². The molecule has 0 aromatic heterocycles. The van der Waals surface area contributed by atoms with Gasteiger partial charge in [-0.2, -0.15) is 0 Å². The molecule has 0 aliphatic carbocycles. The van der Waals surface area contributed by atoms with E-state index in [1.807, 2.05) is 13.8 Å². The molecule has 2 unspecified atom stereocenters. The average Bonchev–Trinajstić information content (AvgIpc) is 2.33. The molecule has 0 saturated carbocycles. The standard InChI is InChI=1S/C12H21NO6S/c1-8(2)6-19-9(3)11(14)13-4-5-20(17,18)7-10(13)12(15)16/h8-10H,4-7H2,1-3H3,(H,15,16). The van der Waals surface area contributed by atoms with Gasteiger partial charge in [-0.1, -0.05) is 13.8 Å². The van der Waals surface area contributed by atoms with Gasteiger partial charge in [0.15, 0.2) is 9.84 Å². The van der Waals surface area contributed by atoms with Crippen molar-refractivity contribution >= 4 is 21.7 Å². The van der Waals surface area contributed by atoms with Gasteiger partial charge in [0.25, 0.3) is 5.91 Å². The topological polar surface area (TPSA) is 101 Å². The van der Waals surface area contributed by atoms with Crippen molar-refractivity contribution in [3.63, 3.8) is 0 Å². The van der Waals surface area contributed by atoms with Crippen molar-refractivity contribution in [3.8, 4) is 0 Å². The van der Waals surface area contributed by atoms with E-state index in [0.29, 0.717) is 6.61 Å². The van der Waals surface area contributed by atoms with Crippen LogP contribution >= 0.6 is 0 Å². The second-order valence-electron chi connectivity index (χ2n) is 5.37. The number of ether oxygens (including phenoxy) is 1. The number of sulfone groups is 1. The van der Waals surface area contributed by atoms with E-state index in [-0.39, 0.29) is 18.2 Å². The minimum atomic E-state index is -3.41. The van der Waals surface area contributed by atoms with Crippen LogP contribution < -0.4 is 0 Å². The summed E-state index contributed by atoms with van der Waals surface area (Å²) in [7, 11) is -3.41. The molecule has 8 heteroatoms. The summed E-state index contributed by atoms with van der Waals surface area (Å²) >= 11 is 0. The number of carbonyl (C=O) groups is 2. The number of hydrogen-bond acceptors (Lipinski definition) is 5. The fourth-order valence-electron chi connectivity index (χ4n) is 1.92. The van der Waals surface area contributed by atoms with E-state index >= 15 is 0 Å². The molecule has 1 amide bonds. The summed E-state index contributed by atoms with van der Waals surface area (Å²) in [5.74, 6) is -2.28. The number of nitrogens with zero attached hydrogens (tertiary/aromatic N) is 1. The lowest BCUT2D eigenvalue weighted by Gasteiger charge is -2.34. The summed E-state index contributed by atoms with van der Waals surface area (Å²) in [6.45, 7) is 5.70. The number of carboxylic acid groups (broad SMARTS) is 1. The molecule has 0 radical (unpaired) electrons. The minimum absolute atomic E-state index is 0.104. The first-order chi connectivity index (χ1) is 9.14. The molecule has 116 valence electrons. The Kier molecular flexibility index (Phi) is 5.52. The van der Waals surface area contributed by atoms with Crippen LogP contribution in [0.5, 0.6) is 0 Å². The van der Waals surface area contributed by atoms with Crippen LogP contribution in [-0.2, 0) is 24.2 Å². The van der Waals surface area contributed by atoms with Gasteiger partial charge in [0.2, 0.25) is 0 Å². The zero-order valence-corrected chi connectivity index (χ0v) is 12.7. The van der Waals surface area contributed by atoms with Gasteiger partial charge in [-0.05, 0) is 12.8 Å². The fraction of sp³-hybridized carbons (Fsp3) is 0.833. The predicted octanol–water partition coefficient (Wildman–Crippen LogP) is -0.242. The number of carbonyl (C=O) groups excluding carboxylic acids is 1. The van der Waals surface area contributed by atoms with Crippen LogP contribution in [0.25, 0.3) is 0 Å². The van der Waals surface area contributed by atoms with Crippen LogP contribution in [0.15, 0.2) is 0 Å². The Hall–Kier alpha value is -1.15. The molecule has 1 saturated heterocycles. The largest absolute Gasteiger partial charge is 0.480 e. The molecule has 20 heavy (non-hydrogen) atoms. The Balaban J connectivity index is 2.77. The normalized spacial score (nSPS) is 23.6. The zero-order chi connectivity index (χ0) is 15.5. The molecule has 1 N–H and O–H groups in total. The highest BCUT2D eigenvalue weighted by Crippen LogP contribution is 2.15. The second kappa shape index (κ2) is 6.53. The minimum Gasteiger partial charge on any atom is -0.480 e. The predicted molar refractivity (Wildman–Crippen MR) is 72.0 cm³/mol. The molecule has 1 rings (SSSR count). The van der Waals surface area contributed by atoms with Crippen molar-refractivity contribution in [3.05, 3.63) is 0 Å². The van der Waals surface area contributed by atoms with E-state index in [1.54, 1.807) is 6.92 Å². The summed E-state index contributed by atoms with van der Waals surface area (Å²) in [5.41, 5.74) is 0. The van der Waals surface area contributed by atoms with Crippen molar-refractivity contribution in [2.75, 3.05) is 24.7 Å². The van der Waals surface area contributed by atoms with Gasteiger partial charge in [0, 0.05) is 13.2 Å². The maximum atomic E-state index is 12.2. The van der Waals surface area contributed by atoms with Gasteiger partial charge < -0.3 is 14.7 Å². The molecule has 2 atom stereocenters. The first-order valence-electron chi connectivity index (χ1n) is 6.49. The van der Waals surface area contributed by atoms with E-state index in [4.69, 9.17) is 9.84 Å². The summed E-state index contributed by atoms with van der Waals surface area (Å²) in [6, 6.07) is -1.33. The van der Waals surface area contributed by atoms with Gasteiger partial charge in [-0.15, -0.1) is 0 Å². The van der Waals surface area contributed by atoms with Gasteiger partial charge in [0.1, 0.15) is 12.1 Å². The third-order valence-electron chi connectivity index (χ3n) is 3.03. The van der Waals surface area contributed by atoms with Gasteiger partial charge >= 0.3 is 5.97 Å². The molecule has 0 aromatic rings. The van der Waals surface area contributed by atoms with Crippen molar-refractivity contribution in [1.82, 2.24) is 4.90 Å². The molecule has 0 aromatic carbocycles. The van der Waals surface area contributed by atoms with E-state index < -0.39 is 39.6 Å². The zero-order valence-electron chi connectivity index (χ0n) is 11.9. The molecule has 1 heterocycles. The molecular weight excluding hydrogens is 286 g/mol. The summed E-state index contributed by atoms with van der Waals surface area (Å²) in [4.78, 5) is 24.4. The molecule has 0 bridgehead atoms. The number of rotatable bonds is 5. The molecule has 0 spiro atoms. The van der Waals surface area contributed by atoms with E-state index in [9.17, 15) is 18.0 Å². The van der Waals surface area contributed by atoms with Gasteiger partial charge in [-0.25, -0.2) is 13.2 Å². The maximum absolute atomic E-state index is 12.2. The lowest BCUT2D eigenvalue weighted by molar-refractivity contribution is -0.155. The van der Waals surface area contributed by atoms with E-state index in [2.05, 4.69) is 0 Å². The maximum Gasteiger partial charge on any atom is 0.327 e. The lowest BCUT2D eigenvalue weighted by Crippen LogP contribution is -2.57. The van der Waals surface area contributed by atoms with Crippen molar-refractivity contribution in [1.29, 1.82) is 0 Å². The van der Waals surface area contributed by atoms with Crippen LogP contribution in [0.2, 0.25) is 0 Å². The molecule has 7 nitrogen and oxygen atoms in total. The number of amides is 1. The highest BCUT2D eigenvalue weighted by atomic mass is 32.2.